The molecule has 2 aromatic rings. The van der Waals surface area contributed by atoms with Gasteiger partial charge in [-0.2, -0.15) is 0 Å². The van der Waals surface area contributed by atoms with Gasteiger partial charge in [0.15, 0.2) is 0 Å². The zero-order chi connectivity index (χ0) is 15.5. The average Bonchev–Trinajstić information content (AvgIpc) is 2.48. The van der Waals surface area contributed by atoms with Crippen LogP contribution in [0, 0.1) is 0 Å². The molecule has 0 spiro atoms. The minimum Gasteiger partial charge on any atom is -0.366 e. The minimum absolute atomic E-state index is 0.333. The van der Waals surface area contributed by atoms with E-state index in [0.717, 1.165) is 5.56 Å². The number of hydrogen-bond donors (Lipinski definition) is 3. The number of nitrogens with one attached hydrogen (secondary N) is 1. The summed E-state index contributed by atoms with van der Waals surface area (Å²) in [5, 5.41) is 2.73. The molecule has 0 bridgehead atoms. The lowest BCUT2D eigenvalue weighted by molar-refractivity contribution is -0.120. The SMILES string of the molecule is CC(N)(C(=O)Nc1ccc(C(N)=O)cc1)c1ccccc1. The van der Waals surface area contributed by atoms with Crippen LogP contribution in [0.25, 0.3) is 0 Å². The molecule has 5 heteroatoms. The number of nitrogens with two attached hydrogens (primary N) is 2. The fraction of sp³-hybridized carbons (Fsp3) is 0.125. The third-order valence-electron chi connectivity index (χ3n) is 3.27. The van der Waals surface area contributed by atoms with Gasteiger partial charge in [-0.25, -0.2) is 0 Å². The van der Waals surface area contributed by atoms with Crippen molar-refractivity contribution in [3.05, 3.63) is 65.7 Å². The van der Waals surface area contributed by atoms with Crippen molar-refractivity contribution in [2.45, 2.75) is 12.5 Å². The predicted molar refractivity (Wildman–Crippen MR) is 81.6 cm³/mol. The second-order valence-electron chi connectivity index (χ2n) is 4.96. The normalized spacial score (nSPS) is 13.2. The van der Waals surface area contributed by atoms with Crippen LogP contribution in [0.4, 0.5) is 5.69 Å². The van der Waals surface area contributed by atoms with Crippen LogP contribution in [-0.4, -0.2) is 11.8 Å². The monoisotopic (exact) mass is 283 g/mol. The van der Waals surface area contributed by atoms with E-state index < -0.39 is 11.4 Å². The van der Waals surface area contributed by atoms with Crippen LogP contribution in [0.1, 0.15) is 22.8 Å². The highest BCUT2D eigenvalue weighted by Gasteiger charge is 2.30. The fourth-order valence-corrected chi connectivity index (χ4v) is 1.89. The first-order valence-corrected chi connectivity index (χ1v) is 6.47. The third kappa shape index (κ3) is 3.27. The summed E-state index contributed by atoms with van der Waals surface area (Å²) in [7, 11) is 0. The lowest BCUT2D eigenvalue weighted by atomic mass is 9.92. The molecule has 0 radical (unpaired) electrons. The Labute approximate surface area is 123 Å². The molecule has 5 nitrogen and oxygen atoms in total. The number of carbonyl (C=O) groups is 2. The molecule has 0 saturated carbocycles. The number of anilines is 1. The molecule has 1 atom stereocenters. The lowest BCUT2D eigenvalue weighted by Gasteiger charge is -2.24. The van der Waals surface area contributed by atoms with Crippen molar-refractivity contribution in [2.24, 2.45) is 11.5 Å². The predicted octanol–water partition coefficient (Wildman–Crippen LogP) is 1.60. The Kier molecular flexibility index (Phi) is 4.05. The second-order valence-corrected chi connectivity index (χ2v) is 4.96. The summed E-state index contributed by atoms with van der Waals surface area (Å²) in [6.07, 6.45) is 0. The first kappa shape index (κ1) is 14.7. The van der Waals surface area contributed by atoms with Gasteiger partial charge in [0.2, 0.25) is 11.8 Å². The summed E-state index contributed by atoms with van der Waals surface area (Å²) in [6.45, 7) is 1.65. The van der Waals surface area contributed by atoms with Crippen molar-refractivity contribution in [3.8, 4) is 0 Å². The Morgan fingerprint density at radius 2 is 1.57 bits per heavy atom. The van der Waals surface area contributed by atoms with E-state index in [0.29, 0.717) is 11.3 Å². The van der Waals surface area contributed by atoms with Crippen LogP contribution in [0.5, 0.6) is 0 Å². The van der Waals surface area contributed by atoms with Gasteiger partial charge in [0.1, 0.15) is 5.54 Å². The van der Waals surface area contributed by atoms with Crippen molar-refractivity contribution in [2.75, 3.05) is 5.32 Å². The number of hydrogen-bond acceptors (Lipinski definition) is 3. The third-order valence-corrected chi connectivity index (χ3v) is 3.27. The first-order valence-electron chi connectivity index (χ1n) is 6.47. The molecule has 21 heavy (non-hydrogen) atoms. The number of benzene rings is 2. The Bertz CT molecular complexity index is 649. The van der Waals surface area contributed by atoms with Gasteiger partial charge in [0.05, 0.1) is 0 Å². The van der Waals surface area contributed by atoms with Gasteiger partial charge in [-0.05, 0) is 36.8 Å². The zero-order valence-electron chi connectivity index (χ0n) is 11.7. The van der Waals surface area contributed by atoms with E-state index >= 15 is 0 Å². The highest BCUT2D eigenvalue weighted by molar-refractivity contribution is 5.99. The second kappa shape index (κ2) is 5.76. The quantitative estimate of drug-likeness (QED) is 0.794. The molecule has 5 N–H and O–H groups in total. The smallest absolute Gasteiger partial charge is 0.248 e. The van der Waals surface area contributed by atoms with Gasteiger partial charge in [-0.1, -0.05) is 30.3 Å². The summed E-state index contributed by atoms with van der Waals surface area (Å²) in [4.78, 5) is 23.3. The summed E-state index contributed by atoms with van der Waals surface area (Å²) in [5.74, 6) is -0.846. The van der Waals surface area contributed by atoms with E-state index in [1.807, 2.05) is 18.2 Å². The minimum atomic E-state index is -1.15. The summed E-state index contributed by atoms with van der Waals surface area (Å²) in [5.41, 5.74) is 11.8. The molecule has 1 unspecified atom stereocenters. The Balaban J connectivity index is 2.15. The highest BCUT2D eigenvalue weighted by Crippen LogP contribution is 2.20. The largest absolute Gasteiger partial charge is 0.366 e. The van der Waals surface area contributed by atoms with Crippen LogP contribution in [0.3, 0.4) is 0 Å². The number of carbonyl (C=O) groups excluding carboxylic acids is 2. The van der Waals surface area contributed by atoms with Crippen molar-refractivity contribution < 1.29 is 9.59 Å². The first-order chi connectivity index (χ1) is 9.91. The van der Waals surface area contributed by atoms with Crippen LogP contribution in [-0.2, 0) is 10.3 Å². The lowest BCUT2D eigenvalue weighted by Crippen LogP contribution is -2.45. The standard InChI is InChI=1S/C16H17N3O2/c1-16(18,12-5-3-2-4-6-12)15(21)19-13-9-7-11(8-10-13)14(17)20/h2-10H,18H2,1H3,(H2,17,20)(H,19,21). The van der Waals surface area contributed by atoms with Crippen molar-refractivity contribution in [1.29, 1.82) is 0 Å². The van der Waals surface area contributed by atoms with E-state index in [1.165, 1.54) is 0 Å². The number of amides is 2. The molecule has 108 valence electrons. The Hall–Kier alpha value is -2.66. The van der Waals surface area contributed by atoms with Gasteiger partial charge in [-0.15, -0.1) is 0 Å². The van der Waals surface area contributed by atoms with Crippen LogP contribution >= 0.6 is 0 Å². The highest BCUT2D eigenvalue weighted by atomic mass is 16.2. The van der Waals surface area contributed by atoms with Gasteiger partial charge < -0.3 is 16.8 Å². The summed E-state index contributed by atoms with van der Waals surface area (Å²) >= 11 is 0. The van der Waals surface area contributed by atoms with Crippen molar-refractivity contribution in [3.63, 3.8) is 0 Å². The van der Waals surface area contributed by atoms with Crippen LogP contribution in [0.15, 0.2) is 54.6 Å². The zero-order valence-corrected chi connectivity index (χ0v) is 11.7. The molecule has 2 amide bonds. The molecule has 0 aliphatic carbocycles. The topological polar surface area (TPSA) is 98.2 Å². The maximum absolute atomic E-state index is 12.3. The van der Waals surface area contributed by atoms with E-state index in [2.05, 4.69) is 5.32 Å². The maximum atomic E-state index is 12.3. The van der Waals surface area contributed by atoms with E-state index in [1.54, 1.807) is 43.3 Å². The van der Waals surface area contributed by atoms with Crippen LogP contribution < -0.4 is 16.8 Å². The Morgan fingerprint density at radius 1 is 1.00 bits per heavy atom. The van der Waals surface area contributed by atoms with Crippen molar-refractivity contribution in [1.82, 2.24) is 0 Å². The molecule has 0 aliphatic rings. The molecule has 0 aliphatic heterocycles. The van der Waals surface area contributed by atoms with Gasteiger partial charge >= 0.3 is 0 Å². The number of primary amides is 1. The maximum Gasteiger partial charge on any atom is 0.248 e. The molecule has 0 aromatic heterocycles. The van der Waals surface area contributed by atoms with E-state index in [-0.39, 0.29) is 5.91 Å². The molecule has 0 saturated heterocycles. The van der Waals surface area contributed by atoms with Crippen LogP contribution in [0.2, 0.25) is 0 Å². The summed E-state index contributed by atoms with van der Waals surface area (Å²) < 4.78 is 0. The van der Waals surface area contributed by atoms with Gasteiger partial charge in [0.25, 0.3) is 0 Å². The molecular weight excluding hydrogens is 266 g/mol. The Morgan fingerprint density at radius 3 is 2.10 bits per heavy atom. The number of rotatable bonds is 4. The molecule has 0 fully saturated rings. The fourth-order valence-electron chi connectivity index (χ4n) is 1.89. The van der Waals surface area contributed by atoms with Crippen molar-refractivity contribution >= 4 is 17.5 Å². The summed E-state index contributed by atoms with van der Waals surface area (Å²) in [6, 6.07) is 15.4. The van der Waals surface area contributed by atoms with E-state index in [9.17, 15) is 9.59 Å². The molecule has 0 heterocycles. The average molecular weight is 283 g/mol. The van der Waals surface area contributed by atoms with Gasteiger partial charge in [-0.3, -0.25) is 9.59 Å². The molecule has 2 rings (SSSR count). The molecule has 2 aromatic carbocycles. The van der Waals surface area contributed by atoms with Gasteiger partial charge in [0, 0.05) is 11.3 Å². The molecular formula is C16H17N3O2. The van der Waals surface area contributed by atoms with E-state index in [4.69, 9.17) is 11.5 Å².